The molecule has 3 aromatic rings. The van der Waals surface area contributed by atoms with Gasteiger partial charge in [0.15, 0.2) is 11.8 Å². The summed E-state index contributed by atoms with van der Waals surface area (Å²) in [5, 5.41) is 7.10. The molecule has 0 radical (unpaired) electrons. The topological polar surface area (TPSA) is 62.8 Å². The quantitative estimate of drug-likeness (QED) is 0.597. The second-order valence-corrected chi connectivity index (χ2v) is 7.99. The molecule has 0 bridgehead atoms. The first-order chi connectivity index (χ1) is 13.4. The molecule has 4 nitrogen and oxygen atoms in total. The predicted octanol–water partition coefficient (Wildman–Crippen LogP) is 3.94. The number of hydrogen-bond donors (Lipinski definition) is 2. The van der Waals surface area contributed by atoms with Gasteiger partial charge in [0.2, 0.25) is 0 Å². The molecule has 0 spiro atoms. The molecule has 2 aromatic carbocycles. The summed E-state index contributed by atoms with van der Waals surface area (Å²) in [5.41, 5.74) is 3.72. The van der Waals surface area contributed by atoms with Gasteiger partial charge in [-0.25, -0.2) is 0 Å². The van der Waals surface area contributed by atoms with Gasteiger partial charge in [-0.05, 0) is 56.5 Å². The van der Waals surface area contributed by atoms with Crippen LogP contribution in [0.15, 0.2) is 66.0 Å². The lowest BCUT2D eigenvalue weighted by molar-refractivity contribution is -0.703. The van der Waals surface area contributed by atoms with Gasteiger partial charge < -0.3 is 10.6 Å². The molecular formula is C23H25N2O2S+. The summed E-state index contributed by atoms with van der Waals surface area (Å²) < 4.78 is 0. The van der Waals surface area contributed by atoms with Gasteiger partial charge >= 0.3 is 0 Å². The molecule has 28 heavy (non-hydrogen) atoms. The van der Waals surface area contributed by atoms with Crippen molar-refractivity contribution in [3.8, 4) is 0 Å². The first kappa shape index (κ1) is 20.0. The molecule has 3 N–H and O–H groups in total. The molecule has 0 aliphatic heterocycles. The molecule has 1 amide bonds. The van der Waals surface area contributed by atoms with Crippen LogP contribution in [0.1, 0.15) is 46.3 Å². The molecule has 1 heterocycles. The fraction of sp³-hybridized carbons (Fsp3) is 0.217. The number of anilines is 1. The van der Waals surface area contributed by atoms with Crippen LogP contribution >= 0.6 is 11.3 Å². The van der Waals surface area contributed by atoms with Crippen molar-refractivity contribution in [3.63, 3.8) is 0 Å². The summed E-state index contributed by atoms with van der Waals surface area (Å²) >= 11 is 1.70. The Bertz CT molecular complexity index is 932. The van der Waals surface area contributed by atoms with Crippen LogP contribution in [0.5, 0.6) is 0 Å². The summed E-state index contributed by atoms with van der Waals surface area (Å²) in [5.74, 6) is -0.0549. The minimum Gasteiger partial charge on any atom is -0.326 e. The summed E-state index contributed by atoms with van der Waals surface area (Å²) in [7, 11) is 0. The zero-order valence-electron chi connectivity index (χ0n) is 16.3. The van der Waals surface area contributed by atoms with E-state index in [4.69, 9.17) is 0 Å². The maximum absolute atomic E-state index is 12.7. The van der Waals surface area contributed by atoms with Crippen LogP contribution in [0.2, 0.25) is 0 Å². The lowest BCUT2D eigenvalue weighted by atomic mass is 10.0. The number of nitrogens with two attached hydrogens (primary N) is 1. The zero-order chi connectivity index (χ0) is 20.1. The smallest absolute Gasteiger partial charge is 0.282 e. The van der Waals surface area contributed by atoms with Crippen molar-refractivity contribution in [1.82, 2.24) is 0 Å². The second-order valence-electron chi connectivity index (χ2n) is 7.01. The molecule has 1 aromatic heterocycles. The Labute approximate surface area is 169 Å². The molecule has 0 unspecified atom stereocenters. The van der Waals surface area contributed by atoms with E-state index in [2.05, 4.69) is 53.3 Å². The summed E-state index contributed by atoms with van der Waals surface area (Å²) in [4.78, 5) is 25.3. The van der Waals surface area contributed by atoms with Gasteiger partial charge in [0.05, 0.1) is 4.88 Å². The largest absolute Gasteiger partial charge is 0.326 e. The Morgan fingerprint density at radius 2 is 1.68 bits per heavy atom. The Morgan fingerprint density at radius 1 is 1.00 bits per heavy atom. The highest BCUT2D eigenvalue weighted by Crippen LogP contribution is 2.23. The highest BCUT2D eigenvalue weighted by Gasteiger charge is 2.25. The van der Waals surface area contributed by atoms with Gasteiger partial charge in [0.1, 0.15) is 6.04 Å². The predicted molar refractivity (Wildman–Crippen MR) is 114 cm³/mol. The third-order valence-electron chi connectivity index (χ3n) is 4.74. The van der Waals surface area contributed by atoms with E-state index in [1.807, 2.05) is 13.0 Å². The fourth-order valence-corrected chi connectivity index (χ4v) is 3.87. The van der Waals surface area contributed by atoms with Crippen molar-refractivity contribution in [2.75, 3.05) is 5.32 Å². The molecule has 5 heteroatoms. The lowest BCUT2D eigenvalue weighted by Gasteiger charge is -2.19. The number of carbonyl (C=O) groups is 2. The molecule has 3 rings (SSSR count). The van der Waals surface area contributed by atoms with E-state index in [-0.39, 0.29) is 23.8 Å². The van der Waals surface area contributed by atoms with Crippen molar-refractivity contribution >= 4 is 28.7 Å². The monoisotopic (exact) mass is 393 g/mol. The maximum Gasteiger partial charge on any atom is 0.282 e. The van der Waals surface area contributed by atoms with E-state index < -0.39 is 0 Å². The van der Waals surface area contributed by atoms with Crippen molar-refractivity contribution in [2.45, 2.75) is 32.9 Å². The second kappa shape index (κ2) is 8.95. The van der Waals surface area contributed by atoms with Crippen molar-refractivity contribution in [2.24, 2.45) is 0 Å². The number of ketones is 1. The van der Waals surface area contributed by atoms with Crippen molar-refractivity contribution < 1.29 is 14.9 Å². The molecule has 0 saturated heterocycles. The number of benzene rings is 2. The third kappa shape index (κ3) is 4.94. The van der Waals surface area contributed by atoms with Crippen LogP contribution in [-0.2, 0) is 4.79 Å². The summed E-state index contributed by atoms with van der Waals surface area (Å²) in [6, 6.07) is 19.4. The first-order valence-electron chi connectivity index (χ1n) is 9.31. The third-order valence-corrected chi connectivity index (χ3v) is 5.70. The van der Waals surface area contributed by atoms with Crippen molar-refractivity contribution in [3.05, 3.63) is 87.6 Å². The SMILES string of the molecule is CC(=O)c1ccc(NC(=O)[C@H](C)[NH2+][C@@H](c2ccc(C)cc2)c2cccs2)cc1. The normalized spacial score (nSPS) is 13.0. The van der Waals surface area contributed by atoms with Crippen LogP contribution in [0.4, 0.5) is 5.69 Å². The van der Waals surface area contributed by atoms with Crippen LogP contribution in [-0.4, -0.2) is 17.7 Å². The molecule has 144 valence electrons. The highest BCUT2D eigenvalue weighted by atomic mass is 32.1. The van der Waals surface area contributed by atoms with Gasteiger partial charge in [-0.1, -0.05) is 35.9 Å². The average Bonchev–Trinajstić information content (AvgIpc) is 3.21. The maximum atomic E-state index is 12.7. The number of carbonyl (C=O) groups excluding carboxylic acids is 2. The minimum atomic E-state index is -0.277. The number of Topliss-reactive ketones (excluding diaryl/α,β-unsaturated/α-hetero) is 1. The molecule has 0 aliphatic carbocycles. The van der Waals surface area contributed by atoms with Gasteiger partial charge in [-0.3, -0.25) is 9.59 Å². The molecule has 2 atom stereocenters. The van der Waals surface area contributed by atoms with Crippen LogP contribution in [0.3, 0.4) is 0 Å². The number of hydrogen-bond acceptors (Lipinski definition) is 3. The number of quaternary nitrogens is 1. The summed E-state index contributed by atoms with van der Waals surface area (Å²) in [6.45, 7) is 5.51. The number of nitrogens with one attached hydrogen (secondary N) is 1. The molecule has 0 aliphatic rings. The Morgan fingerprint density at radius 3 is 2.25 bits per heavy atom. The van der Waals surface area contributed by atoms with E-state index >= 15 is 0 Å². The number of aryl methyl sites for hydroxylation is 1. The lowest BCUT2D eigenvalue weighted by Crippen LogP contribution is -2.92. The van der Waals surface area contributed by atoms with Gasteiger partial charge in [-0.15, -0.1) is 11.3 Å². The number of thiophene rings is 1. The first-order valence-corrected chi connectivity index (χ1v) is 10.2. The van der Waals surface area contributed by atoms with Gasteiger partial charge in [0.25, 0.3) is 5.91 Å². The van der Waals surface area contributed by atoms with Crippen LogP contribution < -0.4 is 10.6 Å². The Balaban J connectivity index is 1.72. The van der Waals surface area contributed by atoms with Crippen LogP contribution in [0, 0.1) is 6.92 Å². The van der Waals surface area contributed by atoms with E-state index in [0.717, 1.165) is 0 Å². The van der Waals surface area contributed by atoms with Crippen molar-refractivity contribution in [1.29, 1.82) is 0 Å². The van der Waals surface area contributed by atoms with Crippen LogP contribution in [0.25, 0.3) is 0 Å². The Kier molecular flexibility index (Phi) is 6.39. The van der Waals surface area contributed by atoms with E-state index in [9.17, 15) is 9.59 Å². The number of rotatable bonds is 7. The van der Waals surface area contributed by atoms with Gasteiger partial charge in [-0.2, -0.15) is 0 Å². The number of amides is 1. The highest BCUT2D eigenvalue weighted by molar-refractivity contribution is 7.10. The zero-order valence-corrected chi connectivity index (χ0v) is 17.1. The Hall–Kier alpha value is -2.76. The van der Waals surface area contributed by atoms with E-state index in [0.29, 0.717) is 11.3 Å². The molecule has 0 fully saturated rings. The standard InChI is InChI=1S/C23H24N2O2S/c1-15-6-8-19(9-7-15)22(21-5-4-14-28-21)24-16(2)23(27)25-20-12-10-18(11-13-20)17(3)26/h4-14,16,22,24H,1-3H3,(H,25,27)/p+1/t16-,22-/m0/s1. The fourth-order valence-electron chi connectivity index (χ4n) is 3.03. The van der Waals surface area contributed by atoms with E-state index in [1.165, 1.54) is 22.9 Å². The van der Waals surface area contributed by atoms with Gasteiger partial charge in [0, 0.05) is 16.8 Å². The minimum absolute atomic E-state index is 0.0106. The average molecular weight is 394 g/mol. The van der Waals surface area contributed by atoms with E-state index in [1.54, 1.807) is 35.6 Å². The summed E-state index contributed by atoms with van der Waals surface area (Å²) in [6.07, 6.45) is 0. The molecule has 0 saturated carbocycles. The molecular weight excluding hydrogens is 368 g/mol.